The van der Waals surface area contributed by atoms with Gasteiger partial charge in [-0.05, 0) is 43.4 Å². The molecule has 2 aromatic rings. The molecule has 2 amide bonds. The van der Waals surface area contributed by atoms with Gasteiger partial charge in [0.25, 0.3) is 5.91 Å². The molecule has 2 heterocycles. The van der Waals surface area contributed by atoms with Gasteiger partial charge in [0, 0.05) is 31.5 Å². The minimum atomic E-state index is -0.299. The second kappa shape index (κ2) is 6.90. The number of nitrogens with zero attached hydrogens (tertiary/aromatic N) is 2. The van der Waals surface area contributed by atoms with Crippen LogP contribution in [0.4, 0.5) is 0 Å². The number of nitrogens with one attached hydrogen (secondary N) is 1. The summed E-state index contributed by atoms with van der Waals surface area (Å²) in [4.78, 5) is 31.3. The van der Waals surface area contributed by atoms with Gasteiger partial charge in [-0.15, -0.1) is 0 Å². The van der Waals surface area contributed by atoms with Crippen molar-refractivity contribution in [3.05, 3.63) is 66.0 Å². The molecule has 0 spiro atoms. The normalized spacial score (nSPS) is 19.0. The zero-order chi connectivity index (χ0) is 18.0. The Bertz CT molecular complexity index is 779. The summed E-state index contributed by atoms with van der Waals surface area (Å²) in [7, 11) is 0. The van der Waals surface area contributed by atoms with Gasteiger partial charge in [0.1, 0.15) is 0 Å². The lowest BCUT2D eigenvalue weighted by Crippen LogP contribution is -2.49. The molecule has 5 nitrogen and oxygen atoms in total. The first-order valence-corrected chi connectivity index (χ1v) is 9.25. The fraction of sp³-hybridized carbons (Fsp3) is 0.381. The molecule has 1 aromatic heterocycles. The first-order chi connectivity index (χ1) is 12.7. The van der Waals surface area contributed by atoms with Crippen LogP contribution in [-0.4, -0.2) is 40.8 Å². The summed E-state index contributed by atoms with van der Waals surface area (Å²) >= 11 is 0. The lowest BCUT2D eigenvalue weighted by atomic mass is 9.93. The predicted molar refractivity (Wildman–Crippen MR) is 98.7 cm³/mol. The van der Waals surface area contributed by atoms with E-state index in [1.165, 1.54) is 0 Å². The minimum absolute atomic E-state index is 0.0918. The van der Waals surface area contributed by atoms with Crippen LogP contribution < -0.4 is 5.32 Å². The Morgan fingerprint density at radius 3 is 2.38 bits per heavy atom. The molecule has 134 valence electrons. The van der Waals surface area contributed by atoms with Crippen LogP contribution in [0.3, 0.4) is 0 Å². The maximum atomic E-state index is 13.1. The van der Waals surface area contributed by atoms with E-state index in [0.29, 0.717) is 18.7 Å². The van der Waals surface area contributed by atoms with Crippen molar-refractivity contribution in [2.45, 2.75) is 37.1 Å². The highest BCUT2D eigenvalue weighted by Crippen LogP contribution is 2.49. The second-order valence-corrected chi connectivity index (χ2v) is 7.23. The van der Waals surface area contributed by atoms with E-state index in [1.807, 2.05) is 23.1 Å². The summed E-state index contributed by atoms with van der Waals surface area (Å²) in [6.45, 7) is 1.40. The molecule has 0 unspecified atom stereocenters. The van der Waals surface area contributed by atoms with E-state index in [2.05, 4.69) is 22.4 Å². The Morgan fingerprint density at radius 1 is 1.04 bits per heavy atom. The third-order valence-corrected chi connectivity index (χ3v) is 5.53. The number of carbonyl (C=O) groups is 2. The van der Waals surface area contributed by atoms with E-state index in [0.717, 1.165) is 31.2 Å². The van der Waals surface area contributed by atoms with E-state index in [-0.39, 0.29) is 23.3 Å². The van der Waals surface area contributed by atoms with Crippen molar-refractivity contribution in [3.8, 4) is 0 Å². The molecule has 1 saturated carbocycles. The van der Waals surface area contributed by atoms with Crippen LogP contribution in [0.15, 0.2) is 54.9 Å². The number of hydrogen-bond acceptors (Lipinski definition) is 3. The predicted octanol–water partition coefficient (Wildman–Crippen LogP) is 2.53. The third kappa shape index (κ3) is 3.21. The van der Waals surface area contributed by atoms with Gasteiger partial charge in [-0.3, -0.25) is 14.6 Å². The van der Waals surface area contributed by atoms with Crippen molar-refractivity contribution in [3.63, 3.8) is 0 Å². The Morgan fingerprint density at radius 2 is 1.77 bits per heavy atom. The van der Waals surface area contributed by atoms with Gasteiger partial charge in [0.2, 0.25) is 5.91 Å². The van der Waals surface area contributed by atoms with Gasteiger partial charge in [-0.1, -0.05) is 30.3 Å². The largest absolute Gasteiger partial charge is 0.349 e. The monoisotopic (exact) mass is 349 g/mol. The molecule has 1 aliphatic heterocycles. The number of piperidine rings is 1. The molecule has 5 heteroatoms. The zero-order valence-corrected chi connectivity index (χ0v) is 14.7. The molecule has 26 heavy (non-hydrogen) atoms. The number of benzene rings is 1. The second-order valence-electron chi connectivity index (χ2n) is 7.23. The number of amides is 2. The third-order valence-electron chi connectivity index (χ3n) is 5.53. The van der Waals surface area contributed by atoms with Crippen molar-refractivity contribution >= 4 is 11.8 Å². The standard InChI is InChI=1S/C21H23N3O2/c25-19(16-5-4-12-22-15-16)23-18-8-13-24(14-9-18)20(26)21(10-11-21)17-6-2-1-3-7-17/h1-7,12,15,18H,8-11,13-14H2,(H,23,25). The fourth-order valence-electron chi connectivity index (χ4n) is 3.80. The van der Waals surface area contributed by atoms with Gasteiger partial charge in [-0.2, -0.15) is 0 Å². The molecule has 2 fully saturated rings. The Kier molecular flexibility index (Phi) is 4.45. The van der Waals surface area contributed by atoms with Crippen molar-refractivity contribution < 1.29 is 9.59 Å². The zero-order valence-electron chi connectivity index (χ0n) is 14.7. The van der Waals surface area contributed by atoms with E-state index in [9.17, 15) is 9.59 Å². The van der Waals surface area contributed by atoms with Crippen LogP contribution in [-0.2, 0) is 10.2 Å². The molecule has 1 aromatic carbocycles. The SMILES string of the molecule is O=C(NC1CCN(C(=O)C2(c3ccccc3)CC2)CC1)c1cccnc1. The average Bonchev–Trinajstić information content (AvgIpc) is 3.51. The first-order valence-electron chi connectivity index (χ1n) is 9.25. The van der Waals surface area contributed by atoms with Crippen molar-refractivity contribution in [2.24, 2.45) is 0 Å². The van der Waals surface area contributed by atoms with Crippen molar-refractivity contribution in [2.75, 3.05) is 13.1 Å². The van der Waals surface area contributed by atoms with E-state index in [4.69, 9.17) is 0 Å². The van der Waals surface area contributed by atoms with Crippen LogP contribution in [0.25, 0.3) is 0 Å². The molecule has 1 saturated heterocycles. The van der Waals surface area contributed by atoms with E-state index >= 15 is 0 Å². The number of carbonyl (C=O) groups excluding carboxylic acids is 2. The van der Waals surface area contributed by atoms with E-state index in [1.54, 1.807) is 24.5 Å². The average molecular weight is 349 g/mol. The Labute approximate surface area is 153 Å². The summed E-state index contributed by atoms with van der Waals surface area (Å²) < 4.78 is 0. The molecule has 1 N–H and O–H groups in total. The lowest BCUT2D eigenvalue weighted by molar-refractivity contribution is -0.135. The van der Waals surface area contributed by atoms with Crippen LogP contribution in [0.2, 0.25) is 0 Å². The molecular weight excluding hydrogens is 326 g/mol. The van der Waals surface area contributed by atoms with Crippen LogP contribution in [0.1, 0.15) is 41.6 Å². The Balaban J connectivity index is 1.34. The molecule has 0 atom stereocenters. The quantitative estimate of drug-likeness (QED) is 0.923. The van der Waals surface area contributed by atoms with Crippen LogP contribution in [0, 0.1) is 0 Å². The highest BCUT2D eigenvalue weighted by molar-refractivity contribution is 5.94. The lowest BCUT2D eigenvalue weighted by Gasteiger charge is -2.35. The number of likely N-dealkylation sites (tertiary alicyclic amines) is 1. The molecule has 4 rings (SSSR count). The minimum Gasteiger partial charge on any atom is -0.349 e. The molecule has 1 aliphatic carbocycles. The van der Waals surface area contributed by atoms with E-state index < -0.39 is 0 Å². The van der Waals surface area contributed by atoms with Gasteiger partial charge < -0.3 is 10.2 Å². The molecule has 2 aliphatic rings. The topological polar surface area (TPSA) is 62.3 Å². The maximum absolute atomic E-state index is 13.1. The number of pyridine rings is 1. The smallest absolute Gasteiger partial charge is 0.253 e. The van der Waals surface area contributed by atoms with Crippen molar-refractivity contribution in [1.29, 1.82) is 0 Å². The molecular formula is C21H23N3O2. The molecule has 0 bridgehead atoms. The number of aromatic nitrogens is 1. The molecule has 0 radical (unpaired) electrons. The van der Waals surface area contributed by atoms with Crippen molar-refractivity contribution in [1.82, 2.24) is 15.2 Å². The highest BCUT2D eigenvalue weighted by Gasteiger charge is 2.53. The number of hydrogen-bond donors (Lipinski definition) is 1. The first kappa shape index (κ1) is 16.8. The maximum Gasteiger partial charge on any atom is 0.253 e. The number of rotatable bonds is 4. The summed E-state index contributed by atoms with van der Waals surface area (Å²) in [5.41, 5.74) is 1.41. The Hall–Kier alpha value is -2.69. The van der Waals surface area contributed by atoms with Crippen LogP contribution >= 0.6 is 0 Å². The highest BCUT2D eigenvalue weighted by atomic mass is 16.2. The summed E-state index contributed by atoms with van der Waals surface area (Å²) in [5, 5.41) is 3.06. The summed E-state index contributed by atoms with van der Waals surface area (Å²) in [6.07, 6.45) is 6.69. The van der Waals surface area contributed by atoms with Gasteiger partial charge in [0.15, 0.2) is 0 Å². The van der Waals surface area contributed by atoms with Crippen LogP contribution in [0.5, 0.6) is 0 Å². The fourth-order valence-corrected chi connectivity index (χ4v) is 3.80. The van der Waals surface area contributed by atoms with Gasteiger partial charge in [0.05, 0.1) is 11.0 Å². The van der Waals surface area contributed by atoms with Gasteiger partial charge >= 0.3 is 0 Å². The van der Waals surface area contributed by atoms with Gasteiger partial charge in [-0.25, -0.2) is 0 Å². The summed E-state index contributed by atoms with van der Waals surface area (Å²) in [6, 6.07) is 13.7. The summed E-state index contributed by atoms with van der Waals surface area (Å²) in [5.74, 6) is 0.159.